The fraction of sp³-hybridized carbons (Fsp3) is 0.216. The van der Waals surface area contributed by atoms with Crippen LogP contribution >= 0.6 is 0 Å². The largest absolute Gasteiger partial charge is 0.872 e. The van der Waals surface area contributed by atoms with Crippen LogP contribution in [-0.2, 0) is 15.6 Å². The molecule has 0 unspecified atom stereocenters. The van der Waals surface area contributed by atoms with Crippen LogP contribution in [0.25, 0.3) is 21.5 Å². The van der Waals surface area contributed by atoms with Gasteiger partial charge in [-0.15, -0.1) is 0 Å². The van der Waals surface area contributed by atoms with Gasteiger partial charge in [0, 0.05) is 53.3 Å². The van der Waals surface area contributed by atoms with Gasteiger partial charge in [-0.1, -0.05) is 99.9 Å². The summed E-state index contributed by atoms with van der Waals surface area (Å²) >= 11 is 0. The molecule has 0 amide bonds. The van der Waals surface area contributed by atoms with Crippen LogP contribution in [0, 0.1) is 0 Å². The summed E-state index contributed by atoms with van der Waals surface area (Å²) in [5, 5.41) is 31.8. The van der Waals surface area contributed by atoms with E-state index in [1.807, 2.05) is 48.2 Å². The Bertz CT molecular complexity index is 2000. The number of allylic oxidation sites excluding steroid dienone is 5. The van der Waals surface area contributed by atoms with Crippen molar-refractivity contribution in [2.24, 2.45) is 0 Å². The van der Waals surface area contributed by atoms with Crippen molar-refractivity contribution < 1.29 is 15.0 Å². The zero-order valence-corrected chi connectivity index (χ0v) is 24.7. The number of likely N-dealkylation sites (N-methyl/N-ethyl adjacent to an activating group) is 2. The minimum absolute atomic E-state index is 0.0692. The maximum atomic E-state index is 13.9. The van der Waals surface area contributed by atoms with E-state index in [2.05, 4.69) is 76.2 Å². The Balaban J connectivity index is 1.34. The van der Waals surface area contributed by atoms with Crippen LogP contribution in [0.1, 0.15) is 38.8 Å². The number of fused-ring (bicyclic) bond motifs is 6. The number of hydrogen-bond acceptors (Lipinski definition) is 5. The van der Waals surface area contributed by atoms with Crippen molar-refractivity contribution in [1.29, 1.82) is 0 Å². The highest BCUT2D eigenvalue weighted by Crippen LogP contribution is 2.52. The summed E-state index contributed by atoms with van der Waals surface area (Å²) in [6.45, 7) is 8.40. The number of Topliss-reactive ketones (excluding diaryl/α,β-unsaturated/α-hetero) is 1. The van der Waals surface area contributed by atoms with Crippen molar-refractivity contribution in [1.82, 2.24) is 0 Å². The average molecular weight is 553 g/mol. The Hall–Kier alpha value is -4.77. The number of carbonyl (C=O) groups is 1. The molecular formula is C37H32N2O3-2. The van der Waals surface area contributed by atoms with Gasteiger partial charge in [-0.2, -0.15) is 0 Å². The van der Waals surface area contributed by atoms with Gasteiger partial charge >= 0.3 is 0 Å². The second kappa shape index (κ2) is 8.62. The molecule has 210 valence electrons. The second-order valence-electron chi connectivity index (χ2n) is 12.6. The summed E-state index contributed by atoms with van der Waals surface area (Å²) in [5.74, 6) is -2.00. The van der Waals surface area contributed by atoms with Crippen molar-refractivity contribution >= 4 is 38.7 Å². The molecule has 0 radical (unpaired) electrons. The van der Waals surface area contributed by atoms with Gasteiger partial charge in [-0.25, -0.2) is 0 Å². The molecule has 5 heteroatoms. The third-order valence-electron chi connectivity index (χ3n) is 9.54. The molecule has 42 heavy (non-hydrogen) atoms. The van der Waals surface area contributed by atoms with Gasteiger partial charge in [-0.3, -0.25) is 4.79 Å². The minimum Gasteiger partial charge on any atom is -0.872 e. The molecule has 5 nitrogen and oxygen atoms in total. The fourth-order valence-corrected chi connectivity index (χ4v) is 7.43. The smallest absolute Gasteiger partial charge is 0.178 e. The Labute approximate surface area is 246 Å². The van der Waals surface area contributed by atoms with Crippen LogP contribution in [-0.4, -0.2) is 19.9 Å². The maximum Gasteiger partial charge on any atom is 0.178 e. The van der Waals surface area contributed by atoms with Gasteiger partial charge in [0.15, 0.2) is 5.78 Å². The number of ketones is 1. The first-order valence-corrected chi connectivity index (χ1v) is 14.3. The highest BCUT2D eigenvalue weighted by atomic mass is 16.3. The number of benzene rings is 4. The van der Waals surface area contributed by atoms with Crippen LogP contribution in [0.4, 0.5) is 11.4 Å². The molecule has 4 aromatic rings. The average Bonchev–Trinajstić information content (AvgIpc) is 3.40. The van der Waals surface area contributed by atoms with Crippen LogP contribution in [0.2, 0.25) is 0 Å². The standard InChI is InChI=1S/C37H34N2O3/c1-36(2)29(38(5)27-17-15-21-11-7-9-13-23(21)31(27)36)19-25-33(40)26(35(42)34(25)41)20-30-37(3,4)32-24-14-10-8-12-22(24)16-18-28(32)39(30)6/h7-20,40H,1-6H3,(H,41,42)/p-2/b29-19-,30-20-. The molecule has 2 aliphatic heterocycles. The van der Waals surface area contributed by atoms with E-state index in [0.717, 1.165) is 55.4 Å². The molecule has 0 fully saturated rings. The van der Waals surface area contributed by atoms with Crippen LogP contribution in [0.3, 0.4) is 0 Å². The number of anilines is 2. The Kier molecular flexibility index (Phi) is 5.37. The van der Waals surface area contributed by atoms with E-state index in [9.17, 15) is 15.0 Å². The summed E-state index contributed by atoms with van der Waals surface area (Å²) in [7, 11) is 3.90. The lowest BCUT2D eigenvalue weighted by Gasteiger charge is -2.27. The van der Waals surface area contributed by atoms with Crippen LogP contribution in [0.15, 0.2) is 119 Å². The van der Waals surface area contributed by atoms with E-state index in [4.69, 9.17) is 0 Å². The molecule has 0 saturated carbocycles. The van der Waals surface area contributed by atoms with Crippen LogP contribution in [0.5, 0.6) is 0 Å². The zero-order valence-electron chi connectivity index (χ0n) is 24.7. The SMILES string of the molecule is CN1/C(=C\C2=C([O-])C(/C=C3\N(C)c4ccc5ccccc5c4C3(C)C)=C([O-])C2=O)C(C)(C)c2c1ccc1ccccc21. The van der Waals surface area contributed by atoms with E-state index in [1.54, 1.807) is 12.2 Å². The monoisotopic (exact) mass is 552 g/mol. The summed E-state index contributed by atoms with van der Waals surface area (Å²) in [6.07, 6.45) is 3.29. The molecule has 7 rings (SSSR count). The highest BCUT2D eigenvalue weighted by Gasteiger charge is 2.42. The highest BCUT2D eigenvalue weighted by molar-refractivity contribution is 6.13. The van der Waals surface area contributed by atoms with Gasteiger partial charge in [0.05, 0.1) is 0 Å². The van der Waals surface area contributed by atoms with Crippen LogP contribution < -0.4 is 20.0 Å². The molecule has 0 saturated heterocycles. The van der Waals surface area contributed by atoms with Gasteiger partial charge in [0.1, 0.15) is 0 Å². The summed E-state index contributed by atoms with van der Waals surface area (Å²) in [4.78, 5) is 17.5. The van der Waals surface area contributed by atoms with Gasteiger partial charge in [-0.05, 0) is 62.5 Å². The number of nitrogens with zero attached hydrogens (tertiary/aromatic N) is 2. The molecule has 0 aromatic heterocycles. The molecule has 3 aliphatic rings. The lowest BCUT2D eigenvalue weighted by molar-refractivity contribution is -0.308. The topological polar surface area (TPSA) is 69.7 Å². The summed E-state index contributed by atoms with van der Waals surface area (Å²) < 4.78 is 0. The third kappa shape index (κ3) is 3.34. The van der Waals surface area contributed by atoms with E-state index in [-0.39, 0.29) is 11.1 Å². The summed E-state index contributed by atoms with van der Waals surface area (Å²) in [6, 6.07) is 24.8. The van der Waals surface area contributed by atoms with Crippen molar-refractivity contribution in [3.05, 3.63) is 130 Å². The molecule has 1 aliphatic carbocycles. The number of rotatable bonds is 2. The molecule has 0 spiro atoms. The Morgan fingerprint density at radius 3 is 1.50 bits per heavy atom. The van der Waals surface area contributed by atoms with Crippen molar-refractivity contribution in [2.45, 2.75) is 38.5 Å². The van der Waals surface area contributed by atoms with Crippen molar-refractivity contribution in [3.8, 4) is 0 Å². The number of carbonyl (C=O) groups excluding carboxylic acids is 1. The van der Waals surface area contributed by atoms with E-state index < -0.39 is 28.1 Å². The quantitative estimate of drug-likeness (QED) is 0.318. The van der Waals surface area contributed by atoms with E-state index in [0.29, 0.717) is 0 Å². The van der Waals surface area contributed by atoms with E-state index >= 15 is 0 Å². The van der Waals surface area contributed by atoms with Gasteiger partial charge in [0.2, 0.25) is 0 Å². The molecular weight excluding hydrogens is 520 g/mol. The molecule has 2 heterocycles. The predicted octanol–water partition coefficient (Wildman–Crippen LogP) is 5.73. The first-order chi connectivity index (χ1) is 19.9. The van der Waals surface area contributed by atoms with Crippen molar-refractivity contribution in [2.75, 3.05) is 23.9 Å². The third-order valence-corrected chi connectivity index (χ3v) is 9.54. The minimum atomic E-state index is -0.745. The summed E-state index contributed by atoms with van der Waals surface area (Å²) in [5.41, 5.74) is 4.85. The maximum absolute atomic E-state index is 13.9. The van der Waals surface area contributed by atoms with E-state index in [1.165, 1.54) is 0 Å². The molecule has 0 N–H and O–H groups in total. The van der Waals surface area contributed by atoms with Crippen molar-refractivity contribution in [3.63, 3.8) is 0 Å². The predicted molar refractivity (Wildman–Crippen MR) is 166 cm³/mol. The lowest BCUT2D eigenvalue weighted by atomic mass is 9.80. The Morgan fingerprint density at radius 1 is 0.595 bits per heavy atom. The lowest BCUT2D eigenvalue weighted by Crippen LogP contribution is -2.24. The number of hydrogen-bond donors (Lipinski definition) is 0. The first-order valence-electron chi connectivity index (χ1n) is 14.3. The van der Waals surface area contributed by atoms with Gasteiger partial charge < -0.3 is 20.0 Å². The molecule has 4 aromatic carbocycles. The normalized spacial score (nSPS) is 21.0. The second-order valence-corrected chi connectivity index (χ2v) is 12.6. The Morgan fingerprint density at radius 2 is 1.02 bits per heavy atom. The van der Waals surface area contributed by atoms with Gasteiger partial charge in [0.25, 0.3) is 0 Å². The first kappa shape index (κ1) is 26.1. The zero-order chi connectivity index (χ0) is 29.7. The molecule has 0 bridgehead atoms. The fourth-order valence-electron chi connectivity index (χ4n) is 7.43. The molecule has 0 atom stereocenters.